The molecule has 1 amide bonds. The number of primary sulfonamides is 1. The molecule has 0 heterocycles. The van der Waals surface area contributed by atoms with Gasteiger partial charge in [-0.1, -0.05) is 18.2 Å². The van der Waals surface area contributed by atoms with E-state index in [0.29, 0.717) is 12.2 Å². The molecule has 1 aromatic carbocycles. The maximum absolute atomic E-state index is 11.7. The predicted molar refractivity (Wildman–Crippen MR) is 72.3 cm³/mol. The summed E-state index contributed by atoms with van der Waals surface area (Å²) in [6.07, 6.45) is 0.496. The van der Waals surface area contributed by atoms with Crippen LogP contribution < -0.4 is 15.2 Å². The summed E-state index contributed by atoms with van der Waals surface area (Å²) < 4.78 is 26.5. The minimum Gasteiger partial charge on any atom is -0.496 e. The number of hydrogen-bond donors (Lipinski definition) is 2. The van der Waals surface area contributed by atoms with Gasteiger partial charge in [0.05, 0.1) is 19.3 Å². The number of sulfonamides is 1. The number of hydrogen-bond acceptors (Lipinski definition) is 4. The van der Waals surface area contributed by atoms with Crippen LogP contribution in [0.25, 0.3) is 0 Å². The monoisotopic (exact) mass is 286 g/mol. The molecule has 0 fully saturated rings. The van der Waals surface area contributed by atoms with Gasteiger partial charge in [-0.05, 0) is 12.5 Å². The minimum atomic E-state index is -3.46. The van der Waals surface area contributed by atoms with Crippen molar-refractivity contribution >= 4 is 15.9 Å². The fraction of sp³-hybridized carbons (Fsp3) is 0.417. The number of nitrogens with two attached hydrogens (primary N) is 1. The number of methoxy groups -OCH3 is 1. The number of amides is 1. The molecule has 106 valence electrons. The number of rotatable bonds is 7. The van der Waals surface area contributed by atoms with E-state index in [-0.39, 0.29) is 24.6 Å². The molecule has 0 spiro atoms. The van der Waals surface area contributed by atoms with Crippen LogP contribution in [0.1, 0.15) is 12.0 Å². The molecule has 7 heteroatoms. The highest BCUT2D eigenvalue weighted by Crippen LogP contribution is 2.17. The molecule has 0 aliphatic heterocycles. The Labute approximate surface area is 113 Å². The van der Waals surface area contributed by atoms with E-state index < -0.39 is 10.0 Å². The van der Waals surface area contributed by atoms with Gasteiger partial charge in [0, 0.05) is 12.1 Å². The van der Waals surface area contributed by atoms with Crippen molar-refractivity contribution in [2.24, 2.45) is 5.14 Å². The van der Waals surface area contributed by atoms with Crippen LogP contribution in [0.3, 0.4) is 0 Å². The molecule has 0 aromatic heterocycles. The molecule has 0 saturated heterocycles. The largest absolute Gasteiger partial charge is 0.496 e. The third-order valence-electron chi connectivity index (χ3n) is 2.47. The standard InChI is InChI=1S/C12H18N2O4S/c1-18-11-6-3-2-5-10(11)9-12(15)14-7-4-8-19(13,16)17/h2-3,5-6H,4,7-9H2,1H3,(H,14,15)(H2,13,16,17). The normalized spacial score (nSPS) is 11.1. The molecule has 0 saturated carbocycles. The van der Waals surface area contributed by atoms with Crippen LogP contribution in [0.2, 0.25) is 0 Å². The summed E-state index contributed by atoms with van der Waals surface area (Å²) >= 11 is 0. The second-order valence-electron chi connectivity index (χ2n) is 4.06. The molecule has 0 bridgehead atoms. The van der Waals surface area contributed by atoms with Gasteiger partial charge in [-0.2, -0.15) is 0 Å². The number of benzene rings is 1. The highest BCUT2D eigenvalue weighted by atomic mass is 32.2. The van der Waals surface area contributed by atoms with E-state index in [1.807, 2.05) is 18.2 Å². The van der Waals surface area contributed by atoms with Crippen molar-refractivity contribution < 1.29 is 17.9 Å². The zero-order chi connectivity index (χ0) is 14.3. The Balaban J connectivity index is 2.39. The SMILES string of the molecule is COc1ccccc1CC(=O)NCCCS(N)(=O)=O. The Kier molecular flexibility index (Phi) is 5.78. The van der Waals surface area contributed by atoms with Gasteiger partial charge in [0.1, 0.15) is 5.75 Å². The maximum Gasteiger partial charge on any atom is 0.224 e. The van der Waals surface area contributed by atoms with Gasteiger partial charge in [-0.15, -0.1) is 0 Å². The third kappa shape index (κ3) is 6.21. The molecule has 0 atom stereocenters. The molecule has 19 heavy (non-hydrogen) atoms. The number of ether oxygens (including phenoxy) is 1. The Morgan fingerprint density at radius 2 is 2.05 bits per heavy atom. The number of carbonyl (C=O) groups excluding carboxylic acids is 1. The van der Waals surface area contributed by atoms with Crippen LogP contribution in [0.15, 0.2) is 24.3 Å². The highest BCUT2D eigenvalue weighted by Gasteiger charge is 2.08. The lowest BCUT2D eigenvalue weighted by molar-refractivity contribution is -0.120. The van der Waals surface area contributed by atoms with E-state index in [9.17, 15) is 13.2 Å². The van der Waals surface area contributed by atoms with Crippen LogP contribution in [0.4, 0.5) is 0 Å². The minimum absolute atomic E-state index is 0.137. The highest BCUT2D eigenvalue weighted by molar-refractivity contribution is 7.89. The van der Waals surface area contributed by atoms with Crippen LogP contribution >= 0.6 is 0 Å². The predicted octanol–water partition coefficient (Wildman–Crippen LogP) is 0.0325. The Hall–Kier alpha value is -1.60. The second-order valence-corrected chi connectivity index (χ2v) is 5.79. The van der Waals surface area contributed by atoms with Gasteiger partial charge in [0.25, 0.3) is 0 Å². The smallest absolute Gasteiger partial charge is 0.224 e. The molecule has 6 nitrogen and oxygen atoms in total. The first kappa shape index (κ1) is 15.5. The molecular formula is C12H18N2O4S. The summed E-state index contributed by atoms with van der Waals surface area (Å²) in [5.74, 6) is 0.336. The number of nitrogens with one attached hydrogen (secondary N) is 1. The Morgan fingerprint density at radius 3 is 2.68 bits per heavy atom. The summed E-state index contributed by atoms with van der Waals surface area (Å²) in [6, 6.07) is 7.24. The van der Waals surface area contributed by atoms with Gasteiger partial charge in [-0.3, -0.25) is 4.79 Å². The first-order chi connectivity index (χ1) is 8.92. The van der Waals surface area contributed by atoms with E-state index in [1.165, 1.54) is 0 Å². The van der Waals surface area contributed by atoms with Crippen LogP contribution in [0.5, 0.6) is 5.75 Å². The molecule has 0 radical (unpaired) electrons. The summed E-state index contributed by atoms with van der Waals surface area (Å²) in [5, 5.41) is 7.50. The molecule has 1 rings (SSSR count). The summed E-state index contributed by atoms with van der Waals surface area (Å²) in [6.45, 7) is 0.282. The van der Waals surface area contributed by atoms with Gasteiger partial charge in [-0.25, -0.2) is 13.6 Å². The lowest BCUT2D eigenvalue weighted by atomic mass is 10.1. The Morgan fingerprint density at radius 1 is 1.37 bits per heavy atom. The van der Waals surface area contributed by atoms with Crippen molar-refractivity contribution in [3.63, 3.8) is 0 Å². The second kappa shape index (κ2) is 7.10. The molecule has 0 aliphatic carbocycles. The van der Waals surface area contributed by atoms with E-state index in [1.54, 1.807) is 13.2 Å². The zero-order valence-electron chi connectivity index (χ0n) is 10.8. The molecule has 1 aromatic rings. The zero-order valence-corrected chi connectivity index (χ0v) is 11.6. The average Bonchev–Trinajstić information content (AvgIpc) is 2.34. The topological polar surface area (TPSA) is 98.5 Å². The van der Waals surface area contributed by atoms with Crippen LogP contribution in [-0.4, -0.2) is 33.7 Å². The van der Waals surface area contributed by atoms with Crippen LogP contribution in [-0.2, 0) is 21.2 Å². The van der Waals surface area contributed by atoms with E-state index in [4.69, 9.17) is 9.88 Å². The van der Waals surface area contributed by atoms with Crippen LogP contribution in [0, 0.1) is 0 Å². The quantitative estimate of drug-likeness (QED) is 0.691. The molecular weight excluding hydrogens is 268 g/mol. The number of para-hydroxylation sites is 1. The van der Waals surface area contributed by atoms with Crippen molar-refractivity contribution in [2.45, 2.75) is 12.8 Å². The fourth-order valence-electron chi connectivity index (χ4n) is 1.59. The van der Waals surface area contributed by atoms with E-state index in [2.05, 4.69) is 5.32 Å². The first-order valence-electron chi connectivity index (χ1n) is 5.81. The van der Waals surface area contributed by atoms with Crippen molar-refractivity contribution in [1.82, 2.24) is 5.32 Å². The summed E-state index contributed by atoms with van der Waals surface area (Å²) in [7, 11) is -1.92. The van der Waals surface area contributed by atoms with Gasteiger partial charge >= 0.3 is 0 Å². The van der Waals surface area contributed by atoms with E-state index in [0.717, 1.165) is 5.56 Å². The molecule has 0 aliphatic rings. The fourth-order valence-corrected chi connectivity index (χ4v) is 2.13. The van der Waals surface area contributed by atoms with Crippen molar-refractivity contribution in [1.29, 1.82) is 0 Å². The van der Waals surface area contributed by atoms with Gasteiger partial charge in [0.2, 0.25) is 15.9 Å². The first-order valence-corrected chi connectivity index (χ1v) is 7.53. The average molecular weight is 286 g/mol. The van der Waals surface area contributed by atoms with Gasteiger partial charge in [0.15, 0.2) is 0 Å². The summed E-state index contributed by atoms with van der Waals surface area (Å²) in [5.41, 5.74) is 0.786. The lowest BCUT2D eigenvalue weighted by Crippen LogP contribution is -2.28. The van der Waals surface area contributed by atoms with Crippen molar-refractivity contribution in [3.05, 3.63) is 29.8 Å². The Bertz CT molecular complexity index is 528. The van der Waals surface area contributed by atoms with Gasteiger partial charge < -0.3 is 10.1 Å². The molecule has 0 unspecified atom stereocenters. The summed E-state index contributed by atoms with van der Waals surface area (Å²) in [4.78, 5) is 11.7. The maximum atomic E-state index is 11.7. The molecule has 3 N–H and O–H groups in total. The van der Waals surface area contributed by atoms with Crippen molar-refractivity contribution in [3.8, 4) is 5.75 Å². The lowest BCUT2D eigenvalue weighted by Gasteiger charge is -2.08. The van der Waals surface area contributed by atoms with Crippen molar-refractivity contribution in [2.75, 3.05) is 19.4 Å². The number of carbonyl (C=O) groups is 1. The third-order valence-corrected chi connectivity index (χ3v) is 3.33. The van der Waals surface area contributed by atoms with E-state index >= 15 is 0 Å².